The molecule has 3 aromatic carbocycles. The SMILES string of the molecule is CC(C)c1onc(-c2c(Cl)cccc2Cl)c1COc1ccc(-c2ccc3[nH]ccc3c2)cc1. The van der Waals surface area contributed by atoms with Crippen molar-refractivity contribution in [2.24, 2.45) is 0 Å². The van der Waals surface area contributed by atoms with E-state index in [1.807, 2.05) is 24.4 Å². The summed E-state index contributed by atoms with van der Waals surface area (Å²) in [5.74, 6) is 1.66. The molecular weight excluding hydrogens is 455 g/mol. The molecule has 0 amide bonds. The van der Waals surface area contributed by atoms with Crippen LogP contribution in [0.15, 0.2) is 77.4 Å². The second-order valence-corrected chi connectivity index (χ2v) is 9.03. The zero-order valence-corrected chi connectivity index (χ0v) is 19.7. The summed E-state index contributed by atoms with van der Waals surface area (Å²) >= 11 is 12.9. The van der Waals surface area contributed by atoms with E-state index in [9.17, 15) is 0 Å². The largest absolute Gasteiger partial charge is 0.489 e. The number of benzene rings is 3. The van der Waals surface area contributed by atoms with Gasteiger partial charge in [-0.15, -0.1) is 0 Å². The Labute approximate surface area is 202 Å². The van der Waals surface area contributed by atoms with Gasteiger partial charge in [0.15, 0.2) is 0 Å². The van der Waals surface area contributed by atoms with E-state index in [0.29, 0.717) is 27.9 Å². The van der Waals surface area contributed by atoms with Crippen LogP contribution >= 0.6 is 23.2 Å². The molecule has 4 nitrogen and oxygen atoms in total. The number of halogens is 2. The summed E-state index contributed by atoms with van der Waals surface area (Å²) < 4.78 is 11.8. The van der Waals surface area contributed by atoms with Crippen molar-refractivity contribution in [2.75, 3.05) is 0 Å². The molecule has 0 atom stereocenters. The molecule has 0 saturated heterocycles. The average molecular weight is 477 g/mol. The molecular formula is C27H22Cl2N2O2. The molecule has 0 fully saturated rings. The van der Waals surface area contributed by atoms with Gasteiger partial charge in [-0.3, -0.25) is 0 Å². The van der Waals surface area contributed by atoms with Crippen LogP contribution in [0.4, 0.5) is 0 Å². The van der Waals surface area contributed by atoms with Crippen LogP contribution < -0.4 is 4.74 Å². The molecule has 5 rings (SSSR count). The highest BCUT2D eigenvalue weighted by Crippen LogP contribution is 2.39. The lowest BCUT2D eigenvalue weighted by atomic mass is 10.0. The lowest BCUT2D eigenvalue weighted by Gasteiger charge is -2.11. The van der Waals surface area contributed by atoms with Gasteiger partial charge in [-0.2, -0.15) is 0 Å². The highest BCUT2D eigenvalue weighted by atomic mass is 35.5. The Bertz CT molecular complexity index is 1400. The van der Waals surface area contributed by atoms with E-state index in [0.717, 1.165) is 33.7 Å². The van der Waals surface area contributed by atoms with Gasteiger partial charge < -0.3 is 14.2 Å². The fourth-order valence-corrected chi connectivity index (χ4v) is 4.54. The van der Waals surface area contributed by atoms with Crippen LogP contribution in [0.1, 0.15) is 31.1 Å². The Hall–Kier alpha value is -3.21. The van der Waals surface area contributed by atoms with E-state index >= 15 is 0 Å². The molecule has 0 spiro atoms. The maximum atomic E-state index is 6.44. The quantitative estimate of drug-likeness (QED) is 0.267. The predicted molar refractivity (Wildman–Crippen MR) is 134 cm³/mol. The van der Waals surface area contributed by atoms with Crippen LogP contribution in [0, 0.1) is 0 Å². The van der Waals surface area contributed by atoms with Gasteiger partial charge in [0.05, 0.1) is 15.6 Å². The van der Waals surface area contributed by atoms with E-state index in [2.05, 4.69) is 60.4 Å². The Balaban J connectivity index is 1.40. The number of ether oxygens (including phenoxy) is 1. The Morgan fingerprint density at radius 1 is 0.939 bits per heavy atom. The number of fused-ring (bicyclic) bond motifs is 1. The third kappa shape index (κ3) is 4.24. The smallest absolute Gasteiger partial charge is 0.146 e. The highest BCUT2D eigenvalue weighted by molar-refractivity contribution is 6.39. The van der Waals surface area contributed by atoms with Crippen molar-refractivity contribution in [1.29, 1.82) is 0 Å². The van der Waals surface area contributed by atoms with Crippen molar-refractivity contribution in [1.82, 2.24) is 10.1 Å². The molecule has 0 unspecified atom stereocenters. The normalized spacial score (nSPS) is 11.4. The number of hydrogen-bond donors (Lipinski definition) is 1. The molecule has 0 aliphatic heterocycles. The predicted octanol–water partition coefficient (Wildman–Crippen LogP) is 8.50. The number of aromatic nitrogens is 2. The minimum absolute atomic E-state index is 0.136. The van der Waals surface area contributed by atoms with Crippen molar-refractivity contribution in [3.8, 4) is 28.1 Å². The van der Waals surface area contributed by atoms with Gasteiger partial charge in [0.1, 0.15) is 23.8 Å². The first-order valence-electron chi connectivity index (χ1n) is 10.7. The van der Waals surface area contributed by atoms with Crippen molar-refractivity contribution in [2.45, 2.75) is 26.4 Å². The van der Waals surface area contributed by atoms with E-state index in [1.165, 1.54) is 5.39 Å². The van der Waals surface area contributed by atoms with Crippen molar-refractivity contribution in [3.63, 3.8) is 0 Å². The molecule has 6 heteroatoms. The summed E-state index contributed by atoms with van der Waals surface area (Å²) in [5, 5.41) is 6.52. The molecule has 0 saturated carbocycles. The number of nitrogens with one attached hydrogen (secondary N) is 1. The molecule has 1 N–H and O–H groups in total. The molecule has 0 radical (unpaired) electrons. The fraction of sp³-hybridized carbons (Fsp3) is 0.148. The molecule has 33 heavy (non-hydrogen) atoms. The molecule has 5 aromatic rings. The van der Waals surface area contributed by atoms with Crippen LogP contribution in [0.25, 0.3) is 33.3 Å². The first-order valence-corrected chi connectivity index (χ1v) is 11.5. The molecule has 166 valence electrons. The Kier molecular flexibility index (Phi) is 5.88. The highest BCUT2D eigenvalue weighted by Gasteiger charge is 2.23. The Morgan fingerprint density at radius 2 is 1.67 bits per heavy atom. The van der Waals surface area contributed by atoms with Crippen molar-refractivity contribution in [3.05, 3.63) is 94.3 Å². The molecule has 0 aliphatic carbocycles. The monoisotopic (exact) mass is 476 g/mol. The standard InChI is InChI=1S/C27H22Cl2N2O2/c1-16(2)27-21(26(31-33-27)25-22(28)4-3-5-23(25)29)15-32-20-9-6-17(7-10-20)18-8-11-24-19(14-18)12-13-30-24/h3-14,16,30H,15H2,1-2H3. The zero-order valence-electron chi connectivity index (χ0n) is 18.2. The molecule has 2 aromatic heterocycles. The van der Waals surface area contributed by atoms with Gasteiger partial charge in [-0.05, 0) is 59.0 Å². The third-order valence-electron chi connectivity index (χ3n) is 5.67. The van der Waals surface area contributed by atoms with E-state index in [4.69, 9.17) is 32.5 Å². The minimum atomic E-state index is 0.136. The van der Waals surface area contributed by atoms with Crippen molar-refractivity contribution >= 4 is 34.1 Å². The number of nitrogens with zero attached hydrogens (tertiary/aromatic N) is 1. The summed E-state index contributed by atoms with van der Waals surface area (Å²) in [6, 6.07) is 21.9. The van der Waals surface area contributed by atoms with Crippen LogP contribution in [0.5, 0.6) is 5.75 Å². The summed E-state index contributed by atoms with van der Waals surface area (Å²) in [7, 11) is 0. The number of hydrogen-bond acceptors (Lipinski definition) is 3. The first-order chi connectivity index (χ1) is 16.0. The molecule has 2 heterocycles. The topological polar surface area (TPSA) is 51.1 Å². The summed E-state index contributed by atoms with van der Waals surface area (Å²) in [4.78, 5) is 3.22. The number of aromatic amines is 1. The second kappa shape index (κ2) is 8.97. The second-order valence-electron chi connectivity index (χ2n) is 8.22. The number of H-pyrrole nitrogens is 1. The molecule has 0 bridgehead atoms. The lowest BCUT2D eigenvalue weighted by Crippen LogP contribution is -2.01. The first kappa shape index (κ1) is 21.6. The van der Waals surface area contributed by atoms with Crippen LogP contribution in [0.2, 0.25) is 10.0 Å². The third-order valence-corrected chi connectivity index (χ3v) is 6.30. The minimum Gasteiger partial charge on any atom is -0.489 e. The average Bonchev–Trinajstić information content (AvgIpc) is 3.44. The van der Waals surface area contributed by atoms with E-state index in [-0.39, 0.29) is 5.92 Å². The summed E-state index contributed by atoms with van der Waals surface area (Å²) in [6.07, 6.45) is 1.95. The van der Waals surface area contributed by atoms with E-state index in [1.54, 1.807) is 12.1 Å². The maximum absolute atomic E-state index is 6.44. The van der Waals surface area contributed by atoms with Gasteiger partial charge in [0.2, 0.25) is 0 Å². The maximum Gasteiger partial charge on any atom is 0.146 e. The summed E-state index contributed by atoms with van der Waals surface area (Å²) in [6.45, 7) is 4.40. The van der Waals surface area contributed by atoms with Gasteiger partial charge >= 0.3 is 0 Å². The lowest BCUT2D eigenvalue weighted by molar-refractivity contribution is 0.298. The van der Waals surface area contributed by atoms with Gasteiger partial charge in [0.25, 0.3) is 0 Å². The number of rotatable bonds is 6. The summed E-state index contributed by atoms with van der Waals surface area (Å²) in [5.41, 5.74) is 5.54. The van der Waals surface area contributed by atoms with Crippen LogP contribution in [-0.4, -0.2) is 10.1 Å². The zero-order chi connectivity index (χ0) is 22.9. The van der Waals surface area contributed by atoms with Gasteiger partial charge in [-0.25, -0.2) is 0 Å². The van der Waals surface area contributed by atoms with Gasteiger partial charge in [-0.1, -0.05) is 66.5 Å². The van der Waals surface area contributed by atoms with Crippen LogP contribution in [-0.2, 0) is 6.61 Å². The molecule has 0 aliphatic rings. The Morgan fingerprint density at radius 3 is 2.39 bits per heavy atom. The van der Waals surface area contributed by atoms with E-state index < -0.39 is 0 Å². The van der Waals surface area contributed by atoms with Crippen LogP contribution in [0.3, 0.4) is 0 Å². The fourth-order valence-electron chi connectivity index (χ4n) is 3.97. The van der Waals surface area contributed by atoms with Gasteiger partial charge in [0, 0.05) is 23.2 Å². The van der Waals surface area contributed by atoms with Crippen molar-refractivity contribution < 1.29 is 9.26 Å².